The van der Waals surface area contributed by atoms with E-state index in [-0.39, 0.29) is 11.8 Å². The number of aromatic amines is 1. The van der Waals surface area contributed by atoms with E-state index in [0.717, 1.165) is 27.8 Å². The molecule has 0 fully saturated rings. The van der Waals surface area contributed by atoms with E-state index < -0.39 is 0 Å². The summed E-state index contributed by atoms with van der Waals surface area (Å²) in [6.45, 7) is 1.92. The highest BCUT2D eigenvalue weighted by Gasteiger charge is 2.16. The smallest absolute Gasteiger partial charge is 0.267 e. The van der Waals surface area contributed by atoms with Gasteiger partial charge in [-0.05, 0) is 30.7 Å². The molecule has 8 heteroatoms. The van der Waals surface area contributed by atoms with Crippen molar-refractivity contribution >= 4 is 44.9 Å². The maximum atomic E-state index is 12.6. The van der Waals surface area contributed by atoms with Gasteiger partial charge in [-0.25, -0.2) is 4.98 Å². The lowest BCUT2D eigenvalue weighted by Crippen LogP contribution is -2.12. The van der Waals surface area contributed by atoms with Gasteiger partial charge in [0, 0.05) is 10.9 Å². The maximum absolute atomic E-state index is 12.6. The van der Waals surface area contributed by atoms with Gasteiger partial charge in [0.05, 0.1) is 23.6 Å². The predicted molar refractivity (Wildman–Crippen MR) is 105 cm³/mol. The number of thiazole rings is 1. The standard InChI is InChI=1S/C19H15N5O2S/c1-11-7-8-14-13(9-21-24-14)16(11)22-18(26)15-10-20-19(27-15)23-17(25)12-5-3-2-4-6-12/h2-10H,1H3,(H,21,24)(H,22,26)(H,20,23,25). The third-order valence-corrected chi connectivity index (χ3v) is 4.97. The van der Waals surface area contributed by atoms with E-state index >= 15 is 0 Å². The van der Waals surface area contributed by atoms with Crippen molar-refractivity contribution in [3.63, 3.8) is 0 Å². The first-order chi connectivity index (χ1) is 13.1. The minimum atomic E-state index is -0.287. The molecule has 2 heterocycles. The molecule has 4 rings (SSSR count). The predicted octanol–water partition coefficient (Wildman–Crippen LogP) is 3.83. The summed E-state index contributed by atoms with van der Waals surface area (Å²) in [6, 6.07) is 12.7. The number of rotatable bonds is 4. The zero-order valence-corrected chi connectivity index (χ0v) is 15.1. The Labute approximate surface area is 158 Å². The third kappa shape index (κ3) is 3.42. The molecular formula is C19H15N5O2S. The van der Waals surface area contributed by atoms with Crippen LogP contribution in [0.3, 0.4) is 0 Å². The van der Waals surface area contributed by atoms with Crippen molar-refractivity contribution in [2.75, 3.05) is 10.6 Å². The molecule has 2 amide bonds. The average Bonchev–Trinajstić information content (AvgIpc) is 3.34. The minimum absolute atomic E-state index is 0.268. The van der Waals surface area contributed by atoms with Crippen LogP contribution in [0.2, 0.25) is 0 Å². The van der Waals surface area contributed by atoms with Gasteiger partial charge in [0.1, 0.15) is 4.88 Å². The second kappa shape index (κ2) is 7.00. The second-order valence-corrected chi connectivity index (χ2v) is 6.92. The van der Waals surface area contributed by atoms with Crippen LogP contribution in [-0.4, -0.2) is 27.0 Å². The summed E-state index contributed by atoms with van der Waals surface area (Å²) in [4.78, 5) is 29.3. The highest BCUT2D eigenvalue weighted by atomic mass is 32.1. The number of amides is 2. The SMILES string of the molecule is Cc1ccc2[nH]ncc2c1NC(=O)c1cnc(NC(=O)c2ccccc2)s1. The molecule has 2 aromatic carbocycles. The van der Waals surface area contributed by atoms with Crippen LogP contribution < -0.4 is 10.6 Å². The van der Waals surface area contributed by atoms with E-state index in [4.69, 9.17) is 0 Å². The summed E-state index contributed by atoms with van der Waals surface area (Å²) >= 11 is 1.12. The topological polar surface area (TPSA) is 99.8 Å². The molecule has 0 atom stereocenters. The normalized spacial score (nSPS) is 10.7. The van der Waals surface area contributed by atoms with Crippen LogP contribution in [0.15, 0.2) is 54.9 Å². The molecule has 4 aromatic rings. The van der Waals surface area contributed by atoms with Crippen molar-refractivity contribution in [3.05, 3.63) is 70.9 Å². The number of carbonyl (C=O) groups is 2. The Bertz CT molecular complexity index is 1130. The van der Waals surface area contributed by atoms with E-state index in [9.17, 15) is 9.59 Å². The second-order valence-electron chi connectivity index (χ2n) is 5.89. The van der Waals surface area contributed by atoms with Crippen molar-refractivity contribution in [1.82, 2.24) is 15.2 Å². The van der Waals surface area contributed by atoms with Gasteiger partial charge in [0.2, 0.25) is 0 Å². The number of carbonyl (C=O) groups excluding carboxylic acids is 2. The number of benzene rings is 2. The number of anilines is 2. The molecule has 0 aliphatic carbocycles. The maximum Gasteiger partial charge on any atom is 0.267 e. The third-order valence-electron chi connectivity index (χ3n) is 4.06. The molecule has 0 spiro atoms. The van der Waals surface area contributed by atoms with Gasteiger partial charge in [0.15, 0.2) is 5.13 Å². The Morgan fingerprint density at radius 2 is 1.81 bits per heavy atom. The highest BCUT2D eigenvalue weighted by Crippen LogP contribution is 2.27. The number of nitrogens with one attached hydrogen (secondary N) is 3. The fourth-order valence-electron chi connectivity index (χ4n) is 2.66. The van der Waals surface area contributed by atoms with E-state index in [0.29, 0.717) is 21.3 Å². The zero-order chi connectivity index (χ0) is 18.8. The molecule has 134 valence electrons. The molecule has 2 aromatic heterocycles. The molecule has 7 nitrogen and oxygen atoms in total. The van der Waals surface area contributed by atoms with Gasteiger partial charge < -0.3 is 5.32 Å². The molecule has 0 aliphatic heterocycles. The minimum Gasteiger partial charge on any atom is -0.320 e. The molecule has 3 N–H and O–H groups in total. The number of H-pyrrole nitrogens is 1. The number of aromatic nitrogens is 3. The van der Waals surface area contributed by atoms with E-state index in [2.05, 4.69) is 25.8 Å². The van der Waals surface area contributed by atoms with E-state index in [1.807, 2.05) is 25.1 Å². The molecule has 0 bridgehead atoms. The van der Waals surface area contributed by atoms with Gasteiger partial charge in [-0.2, -0.15) is 5.10 Å². The van der Waals surface area contributed by atoms with Crippen molar-refractivity contribution < 1.29 is 9.59 Å². The highest BCUT2D eigenvalue weighted by molar-refractivity contribution is 7.17. The van der Waals surface area contributed by atoms with Gasteiger partial charge in [-0.3, -0.25) is 20.0 Å². The van der Waals surface area contributed by atoms with Crippen LogP contribution in [-0.2, 0) is 0 Å². The first-order valence-electron chi connectivity index (χ1n) is 8.18. The lowest BCUT2D eigenvalue weighted by Gasteiger charge is -2.08. The Hall–Kier alpha value is -3.52. The fourth-order valence-corrected chi connectivity index (χ4v) is 3.37. The van der Waals surface area contributed by atoms with Crippen LogP contribution >= 0.6 is 11.3 Å². The first kappa shape index (κ1) is 16.9. The fraction of sp³-hybridized carbons (Fsp3) is 0.0526. The molecule has 0 radical (unpaired) electrons. The molecule has 0 unspecified atom stereocenters. The molecule has 0 saturated heterocycles. The van der Waals surface area contributed by atoms with Gasteiger partial charge in [-0.1, -0.05) is 35.6 Å². The van der Waals surface area contributed by atoms with Gasteiger partial charge >= 0.3 is 0 Å². The van der Waals surface area contributed by atoms with E-state index in [1.165, 1.54) is 6.20 Å². The summed E-state index contributed by atoms with van der Waals surface area (Å²) in [6.07, 6.45) is 3.13. The molecule has 27 heavy (non-hydrogen) atoms. The number of fused-ring (bicyclic) bond motifs is 1. The Kier molecular flexibility index (Phi) is 4.39. The lowest BCUT2D eigenvalue weighted by atomic mass is 10.1. The van der Waals surface area contributed by atoms with Gasteiger partial charge in [-0.15, -0.1) is 0 Å². The Morgan fingerprint density at radius 1 is 1.00 bits per heavy atom. The number of hydrogen-bond donors (Lipinski definition) is 3. The summed E-state index contributed by atoms with van der Waals surface area (Å²) in [7, 11) is 0. The summed E-state index contributed by atoms with van der Waals surface area (Å²) in [5, 5.41) is 13.7. The lowest BCUT2D eigenvalue weighted by molar-refractivity contribution is 0.102. The largest absolute Gasteiger partial charge is 0.320 e. The monoisotopic (exact) mass is 377 g/mol. The van der Waals surface area contributed by atoms with Crippen LogP contribution in [0.25, 0.3) is 10.9 Å². The Morgan fingerprint density at radius 3 is 2.63 bits per heavy atom. The average molecular weight is 377 g/mol. The molecule has 0 saturated carbocycles. The summed E-state index contributed by atoms with van der Waals surface area (Å²) in [5.41, 5.74) is 3.01. The number of hydrogen-bond acceptors (Lipinski definition) is 5. The summed E-state index contributed by atoms with van der Waals surface area (Å²) in [5.74, 6) is -0.555. The van der Waals surface area contributed by atoms with Crippen molar-refractivity contribution in [3.8, 4) is 0 Å². The molecular weight excluding hydrogens is 362 g/mol. The number of nitrogens with zero attached hydrogens (tertiary/aromatic N) is 2. The summed E-state index contributed by atoms with van der Waals surface area (Å²) < 4.78 is 0. The zero-order valence-electron chi connectivity index (χ0n) is 14.3. The van der Waals surface area contributed by atoms with Crippen LogP contribution in [0.1, 0.15) is 25.6 Å². The molecule has 0 aliphatic rings. The van der Waals surface area contributed by atoms with Gasteiger partial charge in [0.25, 0.3) is 11.8 Å². The van der Waals surface area contributed by atoms with Crippen LogP contribution in [0.4, 0.5) is 10.8 Å². The van der Waals surface area contributed by atoms with E-state index in [1.54, 1.807) is 30.5 Å². The quantitative estimate of drug-likeness (QED) is 0.503. The van der Waals surface area contributed by atoms with Crippen molar-refractivity contribution in [2.24, 2.45) is 0 Å². The Balaban J connectivity index is 1.51. The van der Waals surface area contributed by atoms with Crippen molar-refractivity contribution in [2.45, 2.75) is 6.92 Å². The van der Waals surface area contributed by atoms with Crippen LogP contribution in [0, 0.1) is 6.92 Å². The first-order valence-corrected chi connectivity index (χ1v) is 9.00. The van der Waals surface area contributed by atoms with Crippen LogP contribution in [0.5, 0.6) is 0 Å². The number of aryl methyl sites for hydroxylation is 1. The van der Waals surface area contributed by atoms with Crippen molar-refractivity contribution in [1.29, 1.82) is 0 Å².